The van der Waals surface area contributed by atoms with Crippen LogP contribution < -0.4 is 0 Å². The van der Waals surface area contributed by atoms with Crippen LogP contribution in [0.1, 0.15) is 11.5 Å². The predicted octanol–water partition coefficient (Wildman–Crippen LogP) is 0.582. The second-order valence-corrected chi connectivity index (χ2v) is 5.20. The molecule has 106 valence electrons. The second-order valence-electron chi connectivity index (χ2n) is 5.20. The lowest BCUT2D eigenvalue weighted by atomic mass is 10.1. The van der Waals surface area contributed by atoms with Gasteiger partial charge in [0.1, 0.15) is 0 Å². The number of hydrogen-bond donors (Lipinski definition) is 2. The molecule has 0 bridgehead atoms. The molecule has 1 aromatic heterocycles. The highest BCUT2D eigenvalue weighted by molar-refractivity contribution is 5.53. The fraction of sp³-hybridized carbons (Fsp3) is 0.429. The Morgan fingerprint density at radius 1 is 1.25 bits per heavy atom. The zero-order valence-electron chi connectivity index (χ0n) is 11.2. The first-order chi connectivity index (χ1) is 9.61. The monoisotopic (exact) mass is 275 g/mol. The number of aliphatic hydroxyl groups is 2. The lowest BCUT2D eigenvalue weighted by molar-refractivity contribution is 0.0572. The molecule has 0 aliphatic carbocycles. The van der Waals surface area contributed by atoms with E-state index in [1.807, 2.05) is 36.1 Å². The smallest absolute Gasteiger partial charge is 0.247 e. The standard InChI is InChI=1S/C14H17N3O3/c1-9-3-2-4-10(5-9)14-16-15-13(20-14)8-17-6-11(18)12(19)7-17/h2-5,11-12,18-19H,6-8H2,1H3/t11-,12+. The number of hydrogen-bond acceptors (Lipinski definition) is 6. The molecule has 0 radical (unpaired) electrons. The van der Waals surface area contributed by atoms with Crippen molar-refractivity contribution in [3.05, 3.63) is 35.7 Å². The average molecular weight is 275 g/mol. The van der Waals surface area contributed by atoms with Crippen LogP contribution in [0, 0.1) is 6.92 Å². The first kappa shape index (κ1) is 13.2. The summed E-state index contributed by atoms with van der Waals surface area (Å²) in [5, 5.41) is 27.1. The van der Waals surface area contributed by atoms with Crippen molar-refractivity contribution in [1.82, 2.24) is 15.1 Å². The molecule has 1 saturated heterocycles. The van der Waals surface area contributed by atoms with E-state index in [0.29, 0.717) is 31.4 Å². The van der Waals surface area contributed by atoms with Crippen LogP contribution in [0.5, 0.6) is 0 Å². The Balaban J connectivity index is 1.71. The van der Waals surface area contributed by atoms with Gasteiger partial charge in [-0.2, -0.15) is 0 Å². The van der Waals surface area contributed by atoms with Gasteiger partial charge in [0.25, 0.3) is 0 Å². The Labute approximate surface area is 116 Å². The fourth-order valence-electron chi connectivity index (χ4n) is 2.38. The molecule has 2 atom stereocenters. The summed E-state index contributed by atoms with van der Waals surface area (Å²) in [5.74, 6) is 0.979. The Bertz CT molecular complexity index is 589. The van der Waals surface area contributed by atoms with Gasteiger partial charge in [-0.15, -0.1) is 10.2 Å². The quantitative estimate of drug-likeness (QED) is 0.852. The van der Waals surface area contributed by atoms with Crippen molar-refractivity contribution in [2.24, 2.45) is 0 Å². The minimum Gasteiger partial charge on any atom is -0.419 e. The summed E-state index contributed by atoms with van der Waals surface area (Å²) < 4.78 is 5.63. The molecule has 0 saturated carbocycles. The fourth-order valence-corrected chi connectivity index (χ4v) is 2.38. The topological polar surface area (TPSA) is 82.6 Å². The van der Waals surface area contributed by atoms with E-state index < -0.39 is 12.2 Å². The number of likely N-dealkylation sites (tertiary alicyclic amines) is 1. The lowest BCUT2D eigenvalue weighted by Crippen LogP contribution is -2.22. The number of aromatic nitrogens is 2. The van der Waals surface area contributed by atoms with Crippen LogP contribution in [0.3, 0.4) is 0 Å². The van der Waals surface area contributed by atoms with Crippen molar-refractivity contribution >= 4 is 0 Å². The highest BCUT2D eigenvalue weighted by Crippen LogP contribution is 2.20. The normalized spacial score (nSPS) is 23.4. The van der Waals surface area contributed by atoms with E-state index in [-0.39, 0.29) is 0 Å². The van der Waals surface area contributed by atoms with Crippen LogP contribution in [-0.2, 0) is 6.54 Å². The molecule has 1 aliphatic heterocycles. The third-order valence-electron chi connectivity index (χ3n) is 3.43. The highest BCUT2D eigenvalue weighted by atomic mass is 16.4. The van der Waals surface area contributed by atoms with Gasteiger partial charge in [-0.05, 0) is 19.1 Å². The molecule has 1 aliphatic rings. The maximum Gasteiger partial charge on any atom is 0.247 e. The van der Waals surface area contributed by atoms with Crippen molar-refractivity contribution < 1.29 is 14.6 Å². The molecule has 2 aromatic rings. The average Bonchev–Trinajstić information content (AvgIpc) is 2.98. The Morgan fingerprint density at radius 2 is 2.00 bits per heavy atom. The van der Waals surface area contributed by atoms with Gasteiger partial charge in [-0.25, -0.2) is 0 Å². The number of nitrogens with zero attached hydrogens (tertiary/aromatic N) is 3. The Hall–Kier alpha value is -1.76. The summed E-state index contributed by atoms with van der Waals surface area (Å²) in [4.78, 5) is 1.89. The molecule has 3 rings (SSSR count). The SMILES string of the molecule is Cc1cccc(-c2nnc(CN3C[C@@H](O)[C@@H](O)C3)o2)c1. The van der Waals surface area contributed by atoms with E-state index in [1.165, 1.54) is 0 Å². The minimum atomic E-state index is -0.700. The molecule has 6 nitrogen and oxygen atoms in total. The molecule has 20 heavy (non-hydrogen) atoms. The van der Waals surface area contributed by atoms with Gasteiger partial charge in [0.05, 0.1) is 18.8 Å². The third kappa shape index (κ3) is 2.72. The van der Waals surface area contributed by atoms with Gasteiger partial charge in [0, 0.05) is 18.7 Å². The lowest BCUT2D eigenvalue weighted by Gasteiger charge is -2.10. The van der Waals surface area contributed by atoms with Crippen molar-refractivity contribution in [2.45, 2.75) is 25.7 Å². The van der Waals surface area contributed by atoms with Gasteiger partial charge >= 0.3 is 0 Å². The van der Waals surface area contributed by atoms with E-state index in [4.69, 9.17) is 4.42 Å². The number of benzene rings is 1. The second kappa shape index (κ2) is 5.32. The van der Waals surface area contributed by atoms with Crippen molar-refractivity contribution in [3.8, 4) is 11.5 Å². The zero-order chi connectivity index (χ0) is 14.1. The summed E-state index contributed by atoms with van der Waals surface area (Å²) in [6, 6.07) is 7.86. The molecule has 1 fully saturated rings. The van der Waals surface area contributed by atoms with Crippen LogP contribution in [-0.4, -0.2) is 50.6 Å². The van der Waals surface area contributed by atoms with E-state index in [0.717, 1.165) is 11.1 Å². The number of aliphatic hydroxyl groups excluding tert-OH is 2. The van der Waals surface area contributed by atoms with Crippen molar-refractivity contribution in [2.75, 3.05) is 13.1 Å². The van der Waals surface area contributed by atoms with Crippen LogP contribution >= 0.6 is 0 Å². The van der Waals surface area contributed by atoms with Gasteiger partial charge in [0.15, 0.2) is 0 Å². The van der Waals surface area contributed by atoms with Crippen molar-refractivity contribution in [1.29, 1.82) is 0 Å². The number of aryl methyl sites for hydroxylation is 1. The molecular weight excluding hydrogens is 258 g/mol. The van der Waals surface area contributed by atoms with Crippen LogP contribution in [0.2, 0.25) is 0 Å². The van der Waals surface area contributed by atoms with E-state index in [9.17, 15) is 10.2 Å². The van der Waals surface area contributed by atoms with Gasteiger partial charge in [0.2, 0.25) is 11.8 Å². The predicted molar refractivity (Wildman–Crippen MR) is 71.8 cm³/mol. The Morgan fingerprint density at radius 3 is 2.70 bits per heavy atom. The maximum absolute atomic E-state index is 9.50. The molecule has 0 unspecified atom stereocenters. The molecule has 0 amide bonds. The summed E-state index contributed by atoms with van der Waals surface area (Å²) in [6.45, 7) is 3.29. The van der Waals surface area contributed by atoms with Crippen molar-refractivity contribution in [3.63, 3.8) is 0 Å². The summed E-state index contributed by atoms with van der Waals surface area (Å²) in [5.41, 5.74) is 2.03. The van der Waals surface area contributed by atoms with Gasteiger partial charge < -0.3 is 14.6 Å². The maximum atomic E-state index is 9.50. The highest BCUT2D eigenvalue weighted by Gasteiger charge is 2.30. The largest absolute Gasteiger partial charge is 0.419 e. The van der Waals surface area contributed by atoms with Crippen LogP contribution in [0.4, 0.5) is 0 Å². The Kier molecular flexibility index (Phi) is 3.52. The molecule has 0 spiro atoms. The summed E-state index contributed by atoms with van der Waals surface area (Å²) in [6.07, 6.45) is -1.40. The van der Waals surface area contributed by atoms with E-state index >= 15 is 0 Å². The van der Waals surface area contributed by atoms with Gasteiger partial charge in [-0.1, -0.05) is 17.7 Å². The van der Waals surface area contributed by atoms with E-state index in [2.05, 4.69) is 10.2 Å². The molecule has 6 heteroatoms. The number of rotatable bonds is 3. The molecular formula is C14H17N3O3. The summed E-state index contributed by atoms with van der Waals surface area (Å²) in [7, 11) is 0. The number of β-amino-alcohol motifs (C(OH)–C–C–N with tert-alkyl or cyclic N) is 2. The van der Waals surface area contributed by atoms with Gasteiger partial charge in [-0.3, -0.25) is 4.90 Å². The first-order valence-corrected chi connectivity index (χ1v) is 6.60. The zero-order valence-corrected chi connectivity index (χ0v) is 11.2. The molecule has 2 heterocycles. The van der Waals surface area contributed by atoms with Crippen LogP contribution in [0.15, 0.2) is 28.7 Å². The molecule has 1 aromatic carbocycles. The van der Waals surface area contributed by atoms with E-state index in [1.54, 1.807) is 0 Å². The minimum absolute atomic E-state index is 0.420. The van der Waals surface area contributed by atoms with Crippen LogP contribution in [0.25, 0.3) is 11.5 Å². The molecule has 2 N–H and O–H groups in total. The summed E-state index contributed by atoms with van der Waals surface area (Å²) >= 11 is 0. The third-order valence-corrected chi connectivity index (χ3v) is 3.43. The first-order valence-electron chi connectivity index (χ1n) is 6.60.